The topological polar surface area (TPSA) is 60.9 Å². The molecule has 2 rings (SSSR count). The van der Waals surface area contributed by atoms with Gasteiger partial charge in [0.15, 0.2) is 0 Å². The number of nitrogens with zero attached hydrogens (tertiary/aromatic N) is 3. The van der Waals surface area contributed by atoms with E-state index in [2.05, 4.69) is 0 Å². The average Bonchev–Trinajstić information content (AvgIpc) is 2.71. The van der Waals surface area contributed by atoms with Gasteiger partial charge in [-0.25, -0.2) is 4.79 Å². The summed E-state index contributed by atoms with van der Waals surface area (Å²) in [5, 5.41) is 0. The van der Waals surface area contributed by atoms with Crippen molar-refractivity contribution in [2.45, 2.75) is 57.2 Å². The summed E-state index contributed by atoms with van der Waals surface area (Å²) in [4.78, 5) is 40.8. The molecule has 1 heterocycles. The van der Waals surface area contributed by atoms with E-state index in [4.69, 9.17) is 0 Å². The van der Waals surface area contributed by atoms with Gasteiger partial charge in [-0.3, -0.25) is 14.5 Å². The third-order valence-electron chi connectivity index (χ3n) is 5.18. The maximum atomic E-state index is 12.8. The Balaban J connectivity index is 2.06. The van der Waals surface area contributed by atoms with Gasteiger partial charge in [-0.05, 0) is 19.8 Å². The predicted molar refractivity (Wildman–Crippen MR) is 83.6 cm³/mol. The SMILES string of the molecule is CCN(CCC(F)(F)F)C(=O)CN1C(=O)N(C)C2(CCCCC2)C1=O. The molecule has 142 valence electrons. The molecule has 0 aromatic heterocycles. The number of imide groups is 1. The second kappa shape index (κ2) is 7.21. The molecule has 6 nitrogen and oxygen atoms in total. The Morgan fingerprint density at radius 1 is 1.20 bits per heavy atom. The average molecular weight is 363 g/mol. The molecule has 1 saturated carbocycles. The Labute approximate surface area is 144 Å². The summed E-state index contributed by atoms with van der Waals surface area (Å²) < 4.78 is 37.1. The Hall–Kier alpha value is -1.80. The maximum Gasteiger partial charge on any atom is 0.390 e. The number of hydrogen-bond acceptors (Lipinski definition) is 3. The molecule has 0 aromatic rings. The van der Waals surface area contributed by atoms with Crippen LogP contribution in [0, 0.1) is 0 Å². The molecule has 0 atom stereocenters. The van der Waals surface area contributed by atoms with Crippen molar-refractivity contribution in [2.24, 2.45) is 0 Å². The summed E-state index contributed by atoms with van der Waals surface area (Å²) in [5.41, 5.74) is -0.890. The molecule has 4 amide bonds. The van der Waals surface area contributed by atoms with Crippen molar-refractivity contribution >= 4 is 17.8 Å². The Morgan fingerprint density at radius 2 is 1.80 bits per heavy atom. The molecule has 1 saturated heterocycles. The predicted octanol–water partition coefficient (Wildman–Crippen LogP) is 2.38. The maximum absolute atomic E-state index is 12.8. The molecule has 0 radical (unpaired) electrons. The second-order valence-corrected chi connectivity index (χ2v) is 6.66. The molecule has 2 aliphatic rings. The van der Waals surface area contributed by atoms with E-state index in [0.29, 0.717) is 12.8 Å². The number of hydrogen-bond donors (Lipinski definition) is 0. The third kappa shape index (κ3) is 3.90. The number of alkyl halides is 3. The quantitative estimate of drug-likeness (QED) is 0.705. The smallest absolute Gasteiger partial charge is 0.341 e. The summed E-state index contributed by atoms with van der Waals surface area (Å²) >= 11 is 0. The zero-order chi connectivity index (χ0) is 18.8. The fourth-order valence-corrected chi connectivity index (χ4v) is 3.63. The molecule has 1 spiro atoms. The largest absolute Gasteiger partial charge is 0.390 e. The number of carbonyl (C=O) groups excluding carboxylic acids is 3. The van der Waals surface area contributed by atoms with E-state index in [0.717, 1.165) is 29.1 Å². The molecule has 9 heteroatoms. The van der Waals surface area contributed by atoms with E-state index in [9.17, 15) is 27.6 Å². The first kappa shape index (κ1) is 19.5. The van der Waals surface area contributed by atoms with E-state index < -0.39 is 49.1 Å². The van der Waals surface area contributed by atoms with Gasteiger partial charge in [-0.2, -0.15) is 13.2 Å². The van der Waals surface area contributed by atoms with Crippen molar-refractivity contribution in [1.82, 2.24) is 14.7 Å². The van der Waals surface area contributed by atoms with E-state index in [1.54, 1.807) is 14.0 Å². The Kier molecular flexibility index (Phi) is 5.63. The fraction of sp³-hybridized carbons (Fsp3) is 0.812. The summed E-state index contributed by atoms with van der Waals surface area (Å²) in [6.45, 7) is 0.675. The van der Waals surface area contributed by atoms with Gasteiger partial charge >= 0.3 is 12.2 Å². The number of likely N-dealkylation sites (N-methyl/N-ethyl adjacent to an activating group) is 2. The number of urea groups is 1. The van der Waals surface area contributed by atoms with Gasteiger partial charge in [0.2, 0.25) is 5.91 Å². The van der Waals surface area contributed by atoms with Gasteiger partial charge in [0, 0.05) is 20.1 Å². The van der Waals surface area contributed by atoms with Crippen LogP contribution in [0.25, 0.3) is 0 Å². The molecular formula is C16H24F3N3O3. The van der Waals surface area contributed by atoms with Gasteiger partial charge < -0.3 is 9.80 Å². The first-order valence-electron chi connectivity index (χ1n) is 8.56. The molecule has 2 fully saturated rings. The van der Waals surface area contributed by atoms with Crippen molar-refractivity contribution in [2.75, 3.05) is 26.7 Å². The molecule has 1 aliphatic carbocycles. The molecule has 0 aromatic carbocycles. The zero-order valence-electron chi connectivity index (χ0n) is 14.6. The first-order valence-corrected chi connectivity index (χ1v) is 8.56. The van der Waals surface area contributed by atoms with Gasteiger partial charge in [-0.15, -0.1) is 0 Å². The Bertz CT molecular complexity index is 544. The van der Waals surface area contributed by atoms with Crippen LogP contribution in [0.15, 0.2) is 0 Å². The van der Waals surface area contributed by atoms with E-state index >= 15 is 0 Å². The van der Waals surface area contributed by atoms with Gasteiger partial charge in [0.1, 0.15) is 12.1 Å². The lowest BCUT2D eigenvalue weighted by Gasteiger charge is -2.35. The van der Waals surface area contributed by atoms with Crippen LogP contribution >= 0.6 is 0 Å². The van der Waals surface area contributed by atoms with Gasteiger partial charge in [0.05, 0.1) is 6.42 Å². The second-order valence-electron chi connectivity index (χ2n) is 6.66. The zero-order valence-corrected chi connectivity index (χ0v) is 14.6. The molecule has 0 bridgehead atoms. The fourth-order valence-electron chi connectivity index (χ4n) is 3.63. The summed E-state index contributed by atoms with van der Waals surface area (Å²) in [6, 6.07) is -0.549. The highest BCUT2D eigenvalue weighted by Gasteiger charge is 2.56. The lowest BCUT2D eigenvalue weighted by molar-refractivity contribution is -0.147. The standard InChI is InChI=1S/C16H24F3N3O3/c1-3-21(10-9-16(17,18)19)12(23)11-22-13(24)15(20(2)14(22)25)7-5-4-6-8-15/h3-11H2,1-2H3. The normalized spacial score (nSPS) is 20.5. The van der Waals surface area contributed by atoms with E-state index in [1.165, 1.54) is 4.90 Å². The minimum Gasteiger partial charge on any atom is -0.341 e. The number of carbonyl (C=O) groups is 3. The van der Waals surface area contributed by atoms with Crippen LogP contribution in [0.4, 0.5) is 18.0 Å². The number of rotatable bonds is 5. The number of halogens is 3. The third-order valence-corrected chi connectivity index (χ3v) is 5.18. The molecule has 0 N–H and O–H groups in total. The van der Waals surface area contributed by atoms with Gasteiger partial charge in [0.25, 0.3) is 5.91 Å². The summed E-state index contributed by atoms with van der Waals surface area (Å²) in [6.07, 6.45) is -1.70. The highest BCUT2D eigenvalue weighted by Crippen LogP contribution is 2.39. The van der Waals surface area contributed by atoms with Crippen LogP contribution in [-0.2, 0) is 9.59 Å². The van der Waals surface area contributed by atoms with Crippen molar-refractivity contribution in [3.05, 3.63) is 0 Å². The summed E-state index contributed by atoms with van der Waals surface area (Å²) in [5.74, 6) is -1.05. The molecule has 1 aliphatic heterocycles. The van der Waals surface area contributed by atoms with Crippen LogP contribution in [0.5, 0.6) is 0 Å². The van der Waals surface area contributed by atoms with E-state index in [-0.39, 0.29) is 6.54 Å². The van der Waals surface area contributed by atoms with Crippen LogP contribution in [0.1, 0.15) is 45.4 Å². The van der Waals surface area contributed by atoms with Crippen LogP contribution in [-0.4, -0.2) is 70.9 Å². The number of amides is 4. The molecule has 25 heavy (non-hydrogen) atoms. The minimum atomic E-state index is -4.36. The van der Waals surface area contributed by atoms with Crippen LogP contribution in [0.2, 0.25) is 0 Å². The van der Waals surface area contributed by atoms with Crippen molar-refractivity contribution in [1.29, 1.82) is 0 Å². The lowest BCUT2D eigenvalue weighted by atomic mass is 9.81. The van der Waals surface area contributed by atoms with Crippen molar-refractivity contribution < 1.29 is 27.6 Å². The van der Waals surface area contributed by atoms with Crippen molar-refractivity contribution in [3.8, 4) is 0 Å². The van der Waals surface area contributed by atoms with Crippen LogP contribution < -0.4 is 0 Å². The van der Waals surface area contributed by atoms with Crippen molar-refractivity contribution in [3.63, 3.8) is 0 Å². The monoisotopic (exact) mass is 363 g/mol. The molecular weight excluding hydrogens is 339 g/mol. The summed E-state index contributed by atoms with van der Waals surface area (Å²) in [7, 11) is 1.55. The van der Waals surface area contributed by atoms with Gasteiger partial charge in [-0.1, -0.05) is 19.3 Å². The lowest BCUT2D eigenvalue weighted by Crippen LogP contribution is -2.49. The van der Waals surface area contributed by atoms with Crippen LogP contribution in [0.3, 0.4) is 0 Å². The Morgan fingerprint density at radius 3 is 2.32 bits per heavy atom. The highest BCUT2D eigenvalue weighted by molar-refractivity contribution is 6.08. The minimum absolute atomic E-state index is 0.0894. The highest BCUT2D eigenvalue weighted by atomic mass is 19.4. The first-order chi connectivity index (χ1) is 11.6. The molecule has 0 unspecified atom stereocenters. The van der Waals surface area contributed by atoms with E-state index in [1.807, 2.05) is 0 Å².